The summed E-state index contributed by atoms with van der Waals surface area (Å²) in [6.07, 6.45) is 10.4. The topological polar surface area (TPSA) is 49.2 Å². The van der Waals surface area contributed by atoms with Crippen LogP contribution in [0, 0.1) is 29.1 Å². The third kappa shape index (κ3) is 3.65. The summed E-state index contributed by atoms with van der Waals surface area (Å²) in [6.45, 7) is 2.46. The molecule has 0 N–H and O–H groups in total. The van der Waals surface area contributed by atoms with Crippen molar-refractivity contribution in [3.05, 3.63) is 83.8 Å². The van der Waals surface area contributed by atoms with Crippen LogP contribution >= 0.6 is 0 Å². The molecule has 3 aliphatic rings. The summed E-state index contributed by atoms with van der Waals surface area (Å²) < 4.78 is 14.1. The molecule has 2 saturated carbocycles. The Balaban J connectivity index is 1.26. The fourth-order valence-corrected chi connectivity index (χ4v) is 8.31. The lowest BCUT2D eigenvalue weighted by Crippen LogP contribution is -2.51. The van der Waals surface area contributed by atoms with Gasteiger partial charge in [0, 0.05) is 30.3 Å². The van der Waals surface area contributed by atoms with E-state index in [2.05, 4.69) is 81.8 Å². The Kier molecular flexibility index (Phi) is 5.79. The van der Waals surface area contributed by atoms with Crippen LogP contribution in [0.5, 0.6) is 5.75 Å². The molecule has 0 unspecified atom stereocenters. The number of aryl methyl sites for hydroxylation is 1. The van der Waals surface area contributed by atoms with Crippen LogP contribution in [0.15, 0.2) is 67.0 Å². The van der Waals surface area contributed by atoms with Gasteiger partial charge in [-0.1, -0.05) is 37.1 Å². The van der Waals surface area contributed by atoms with Crippen LogP contribution in [0.4, 0.5) is 0 Å². The highest BCUT2D eigenvalue weighted by Gasteiger charge is 2.62. The quantitative estimate of drug-likeness (QED) is 0.283. The average molecular weight is 518 g/mol. The van der Waals surface area contributed by atoms with Crippen LogP contribution in [0.3, 0.4) is 0 Å². The zero-order chi connectivity index (χ0) is 26.6. The third-order valence-electron chi connectivity index (χ3n) is 10.3. The number of methoxy groups -OCH3 is 2. The Morgan fingerprint density at radius 3 is 2.62 bits per heavy atom. The zero-order valence-electron chi connectivity index (χ0n) is 23.0. The van der Waals surface area contributed by atoms with Crippen molar-refractivity contribution in [3.8, 4) is 23.5 Å². The summed E-state index contributed by atoms with van der Waals surface area (Å²) in [5.74, 6) is 10.8. The molecular formula is C34H35N3O2. The molecule has 0 bridgehead atoms. The number of ether oxygens (including phenoxy) is 2. The predicted molar refractivity (Wildman–Crippen MR) is 153 cm³/mol. The second kappa shape index (κ2) is 9.24. The molecular weight excluding hydrogens is 482 g/mol. The van der Waals surface area contributed by atoms with Gasteiger partial charge < -0.3 is 9.47 Å². The Morgan fingerprint density at radius 2 is 1.79 bits per heavy atom. The Hall–Kier alpha value is -3.62. The molecule has 3 aliphatic carbocycles. The predicted octanol–water partition coefficient (Wildman–Crippen LogP) is 6.72. The molecule has 198 valence electrons. The number of rotatable bonds is 3. The first kappa shape index (κ1) is 24.4. The van der Waals surface area contributed by atoms with Crippen molar-refractivity contribution >= 4 is 10.9 Å². The molecule has 5 nitrogen and oxygen atoms in total. The van der Waals surface area contributed by atoms with Gasteiger partial charge in [-0.2, -0.15) is 0 Å². The summed E-state index contributed by atoms with van der Waals surface area (Å²) in [4.78, 5) is 9.10. The number of aromatic nitrogens is 3. The molecule has 4 aromatic rings. The van der Waals surface area contributed by atoms with Crippen LogP contribution < -0.4 is 4.74 Å². The van der Waals surface area contributed by atoms with Crippen molar-refractivity contribution in [2.75, 3.05) is 14.2 Å². The van der Waals surface area contributed by atoms with Crippen molar-refractivity contribution in [1.82, 2.24) is 14.5 Å². The van der Waals surface area contributed by atoms with Crippen molar-refractivity contribution in [2.45, 2.75) is 57.0 Å². The minimum atomic E-state index is -0.471. The molecule has 0 saturated heterocycles. The zero-order valence-corrected chi connectivity index (χ0v) is 23.0. The molecule has 2 aromatic heterocycles. The van der Waals surface area contributed by atoms with E-state index >= 15 is 0 Å². The van der Waals surface area contributed by atoms with Gasteiger partial charge in [0.15, 0.2) is 0 Å². The van der Waals surface area contributed by atoms with Gasteiger partial charge in [-0.15, -0.1) is 0 Å². The fourth-order valence-electron chi connectivity index (χ4n) is 8.31. The van der Waals surface area contributed by atoms with Gasteiger partial charge in [0.2, 0.25) is 5.95 Å². The van der Waals surface area contributed by atoms with Crippen LogP contribution in [0.2, 0.25) is 0 Å². The molecule has 0 aliphatic heterocycles. The summed E-state index contributed by atoms with van der Waals surface area (Å²) in [5.41, 5.74) is 4.53. The van der Waals surface area contributed by atoms with Crippen molar-refractivity contribution in [3.63, 3.8) is 0 Å². The maximum absolute atomic E-state index is 6.46. The first-order valence-electron chi connectivity index (χ1n) is 14.2. The highest BCUT2D eigenvalue weighted by Crippen LogP contribution is 2.65. The van der Waals surface area contributed by atoms with E-state index in [0.717, 1.165) is 48.0 Å². The second-order valence-electron chi connectivity index (χ2n) is 11.7. The summed E-state index contributed by atoms with van der Waals surface area (Å²) in [7, 11) is 3.63. The molecule has 2 aromatic carbocycles. The van der Waals surface area contributed by atoms with E-state index < -0.39 is 5.60 Å². The lowest BCUT2D eigenvalue weighted by Gasteiger charge is -2.53. The number of nitrogens with zero attached hydrogens (tertiary/aromatic N) is 3. The minimum absolute atomic E-state index is 0.0139. The summed E-state index contributed by atoms with van der Waals surface area (Å²) in [5, 5.41) is 1.13. The first-order valence-corrected chi connectivity index (χ1v) is 14.2. The van der Waals surface area contributed by atoms with Crippen LogP contribution in [0.1, 0.15) is 61.8 Å². The van der Waals surface area contributed by atoms with E-state index in [1.54, 1.807) is 25.1 Å². The van der Waals surface area contributed by atoms with E-state index in [9.17, 15) is 0 Å². The maximum Gasteiger partial charge on any atom is 0.235 e. The van der Waals surface area contributed by atoms with E-state index in [4.69, 9.17) is 9.47 Å². The molecule has 0 radical (unpaired) electrons. The first-order chi connectivity index (χ1) is 19.1. The van der Waals surface area contributed by atoms with Crippen molar-refractivity contribution < 1.29 is 9.47 Å². The van der Waals surface area contributed by atoms with Gasteiger partial charge >= 0.3 is 0 Å². The molecule has 7 rings (SSSR count). The Morgan fingerprint density at radius 1 is 0.949 bits per heavy atom. The van der Waals surface area contributed by atoms with Gasteiger partial charge in [-0.05, 0) is 104 Å². The van der Waals surface area contributed by atoms with Gasteiger partial charge in [0.1, 0.15) is 17.0 Å². The second-order valence-corrected chi connectivity index (χ2v) is 11.7. The van der Waals surface area contributed by atoms with E-state index in [0.29, 0.717) is 23.7 Å². The third-order valence-corrected chi connectivity index (χ3v) is 10.3. The smallest absolute Gasteiger partial charge is 0.235 e. The molecule has 0 spiro atoms. The molecule has 0 amide bonds. The van der Waals surface area contributed by atoms with E-state index in [1.807, 2.05) is 13.2 Å². The van der Waals surface area contributed by atoms with E-state index in [1.165, 1.54) is 18.4 Å². The van der Waals surface area contributed by atoms with Crippen LogP contribution in [-0.4, -0.2) is 34.4 Å². The maximum atomic E-state index is 6.46. The lowest BCUT2D eigenvalue weighted by molar-refractivity contribution is -0.0885. The normalized spacial score (nSPS) is 29.2. The molecule has 2 heterocycles. The molecule has 2 fully saturated rings. The molecule has 39 heavy (non-hydrogen) atoms. The molecule has 5 heteroatoms. The fraction of sp³-hybridized carbons (Fsp3) is 0.412. The summed E-state index contributed by atoms with van der Waals surface area (Å²) in [6, 6.07) is 19.1. The highest BCUT2D eigenvalue weighted by atomic mass is 16.5. The Bertz CT molecular complexity index is 1600. The number of fused-ring (bicyclic) bond motifs is 6. The van der Waals surface area contributed by atoms with Crippen LogP contribution in [-0.2, 0) is 11.2 Å². The average Bonchev–Trinajstić information content (AvgIpc) is 3.51. The van der Waals surface area contributed by atoms with Gasteiger partial charge in [-0.25, -0.2) is 9.97 Å². The Labute approximate surface area is 230 Å². The minimum Gasteiger partial charge on any atom is -0.497 e. The van der Waals surface area contributed by atoms with Gasteiger partial charge in [0.05, 0.1) is 12.6 Å². The lowest BCUT2D eigenvalue weighted by atomic mass is 9.53. The van der Waals surface area contributed by atoms with Crippen molar-refractivity contribution in [1.29, 1.82) is 0 Å². The van der Waals surface area contributed by atoms with Crippen LogP contribution in [0.25, 0.3) is 16.9 Å². The van der Waals surface area contributed by atoms with Gasteiger partial charge in [0.25, 0.3) is 0 Å². The standard InChI is InChI=1S/C34H35N3O2/c1-33-16-14-28-27-12-10-26(38-2)22-23(27)9-11-29(28)30(33)15-18-34(33,39-3)17-13-25-21-24-7-4-5-8-31(24)37(25)32-35-19-6-20-36-32/h4-8,10,12,19-22,28-30H,9,11,14-16,18H2,1-3H3/t28-,29-,30+,33+,34-/m1/s1. The highest BCUT2D eigenvalue weighted by molar-refractivity contribution is 5.84. The van der Waals surface area contributed by atoms with Gasteiger partial charge in [-0.3, -0.25) is 4.57 Å². The number of hydrogen-bond acceptors (Lipinski definition) is 4. The van der Waals surface area contributed by atoms with E-state index in [-0.39, 0.29) is 5.41 Å². The SMILES string of the molecule is COc1ccc2c(c1)CC[C@@H]1[C@@H]2CC[C@@]2(C)[C@H]1CC[C@@]2(C#Cc1cc2ccccc2n1-c1ncccn1)OC. The molecule has 5 atom stereocenters. The summed E-state index contributed by atoms with van der Waals surface area (Å²) >= 11 is 0. The number of hydrogen-bond donors (Lipinski definition) is 0. The number of benzene rings is 2. The van der Waals surface area contributed by atoms with Crippen molar-refractivity contribution in [2.24, 2.45) is 17.3 Å². The largest absolute Gasteiger partial charge is 0.497 e. The number of para-hydroxylation sites is 1. The monoisotopic (exact) mass is 517 g/mol.